The van der Waals surface area contributed by atoms with Crippen LogP contribution in [0.15, 0.2) is 10.8 Å². The van der Waals surface area contributed by atoms with Gasteiger partial charge in [-0.3, -0.25) is 0 Å². The molecule has 0 atom stereocenters. The largest absolute Gasteiger partial charge is 0.573 e. The van der Waals surface area contributed by atoms with Gasteiger partial charge >= 0.3 is 12.5 Å². The second-order valence-corrected chi connectivity index (χ2v) is 3.62. The molecule has 0 spiro atoms. The smallest absolute Gasteiger partial charge is 0.492 e. The van der Waals surface area contributed by atoms with Gasteiger partial charge in [0.15, 0.2) is 10.4 Å². The zero-order chi connectivity index (χ0) is 14.1. The lowest BCUT2D eigenvalue weighted by Gasteiger charge is -2.17. The number of hydrogen-bond donors (Lipinski definition) is 0. The summed E-state index contributed by atoms with van der Waals surface area (Å²) in [7, 11) is 0.792. The Kier molecular flexibility index (Phi) is 3.99. The second-order valence-electron chi connectivity index (χ2n) is 2.87. The maximum absolute atomic E-state index is 12.5. The number of nitrogens with zero attached hydrogens (tertiary/aromatic N) is 1. The van der Waals surface area contributed by atoms with Crippen molar-refractivity contribution in [2.45, 2.75) is 12.5 Å². The van der Waals surface area contributed by atoms with Crippen LogP contribution in [0.2, 0.25) is 0 Å². The Morgan fingerprint density at radius 1 is 1.11 bits per heavy atom. The second kappa shape index (κ2) is 4.82. The lowest BCUT2D eigenvalue weighted by Crippen LogP contribution is -2.19. The van der Waals surface area contributed by atoms with Gasteiger partial charge in [-0.25, -0.2) is 4.98 Å². The predicted octanol–water partition coefficient (Wildman–Crippen LogP) is 3.77. The van der Waals surface area contributed by atoms with Gasteiger partial charge in [-0.1, -0.05) is 0 Å². The van der Waals surface area contributed by atoms with Gasteiger partial charge in [-0.2, -0.15) is 13.2 Å². The van der Waals surface area contributed by atoms with Gasteiger partial charge in [0.2, 0.25) is 5.75 Å². The molecular formula is C8H4BrF6NO2. The Balaban J connectivity index is 3.40. The minimum Gasteiger partial charge on any atom is -0.492 e. The van der Waals surface area contributed by atoms with Crippen LogP contribution in [0.25, 0.3) is 0 Å². The van der Waals surface area contributed by atoms with Gasteiger partial charge in [0.1, 0.15) is 5.56 Å². The van der Waals surface area contributed by atoms with Crippen LogP contribution in [-0.4, -0.2) is 18.5 Å². The first kappa shape index (κ1) is 14.9. The molecule has 0 aromatic carbocycles. The van der Waals surface area contributed by atoms with Crippen LogP contribution >= 0.6 is 15.9 Å². The Morgan fingerprint density at radius 3 is 2.06 bits per heavy atom. The molecule has 0 bridgehead atoms. The molecule has 3 nitrogen and oxygen atoms in total. The number of alkyl halides is 6. The van der Waals surface area contributed by atoms with Gasteiger partial charge in [-0.05, 0) is 15.9 Å². The van der Waals surface area contributed by atoms with Gasteiger partial charge in [0, 0.05) is 6.20 Å². The van der Waals surface area contributed by atoms with E-state index in [2.05, 4.69) is 30.4 Å². The third kappa shape index (κ3) is 3.40. The van der Waals surface area contributed by atoms with Crippen molar-refractivity contribution >= 4 is 15.9 Å². The molecule has 0 radical (unpaired) electrons. The van der Waals surface area contributed by atoms with Gasteiger partial charge in [0.05, 0.1) is 7.11 Å². The van der Waals surface area contributed by atoms with Crippen molar-refractivity contribution in [3.8, 4) is 11.5 Å². The number of rotatable bonds is 2. The molecule has 0 amide bonds. The molecule has 1 aromatic rings. The molecule has 0 aliphatic heterocycles. The maximum atomic E-state index is 12.5. The highest BCUT2D eigenvalue weighted by Gasteiger charge is 2.40. The van der Waals surface area contributed by atoms with Crippen LogP contribution in [0.5, 0.6) is 11.5 Å². The molecule has 1 rings (SSSR count). The van der Waals surface area contributed by atoms with Crippen molar-refractivity contribution in [3.05, 3.63) is 16.4 Å². The summed E-state index contributed by atoms with van der Waals surface area (Å²) in [6, 6.07) is 0. The Morgan fingerprint density at radius 2 is 1.67 bits per heavy atom. The van der Waals surface area contributed by atoms with E-state index in [0.29, 0.717) is 6.20 Å². The van der Waals surface area contributed by atoms with E-state index in [1.165, 1.54) is 0 Å². The van der Waals surface area contributed by atoms with E-state index < -0.39 is 34.2 Å². The Hall–Kier alpha value is -1.19. The predicted molar refractivity (Wildman–Crippen MR) is 50.2 cm³/mol. The summed E-state index contributed by atoms with van der Waals surface area (Å²) in [5.41, 5.74) is -1.47. The molecule has 0 aliphatic rings. The van der Waals surface area contributed by atoms with Crippen molar-refractivity contribution in [3.63, 3.8) is 0 Å². The van der Waals surface area contributed by atoms with Gasteiger partial charge in [-0.15, -0.1) is 13.2 Å². The number of pyridine rings is 1. The third-order valence-corrected chi connectivity index (χ3v) is 2.24. The highest BCUT2D eigenvalue weighted by molar-refractivity contribution is 9.10. The molecule has 102 valence electrons. The molecule has 0 aliphatic carbocycles. The van der Waals surface area contributed by atoms with Crippen molar-refractivity contribution < 1.29 is 35.8 Å². The highest BCUT2D eigenvalue weighted by atomic mass is 79.9. The minimum atomic E-state index is -5.16. The van der Waals surface area contributed by atoms with Crippen LogP contribution in [0, 0.1) is 0 Å². The summed E-state index contributed by atoms with van der Waals surface area (Å²) < 4.78 is 80.9. The first-order chi connectivity index (χ1) is 8.06. The fourth-order valence-corrected chi connectivity index (χ4v) is 1.43. The lowest BCUT2D eigenvalue weighted by atomic mass is 10.2. The van der Waals surface area contributed by atoms with E-state index in [1.54, 1.807) is 0 Å². The Bertz CT molecular complexity index is 444. The number of halogens is 7. The maximum Gasteiger partial charge on any atom is 0.573 e. The fourth-order valence-electron chi connectivity index (χ4n) is 1.06. The number of methoxy groups -OCH3 is 1. The number of ether oxygens (including phenoxy) is 2. The standard InChI is InChI=1S/C8H4BrF6NO2/c1-17-4-3(7(10,11)12)2-16-6(9)5(4)18-8(13,14)15/h2H,1H3. The highest BCUT2D eigenvalue weighted by Crippen LogP contribution is 2.45. The normalized spacial score (nSPS) is 12.4. The van der Waals surface area contributed by atoms with Crippen molar-refractivity contribution in [2.75, 3.05) is 7.11 Å². The third-order valence-electron chi connectivity index (χ3n) is 1.67. The molecule has 0 saturated heterocycles. The molecule has 0 saturated carbocycles. The van der Waals surface area contributed by atoms with Crippen molar-refractivity contribution in [2.24, 2.45) is 0 Å². The van der Waals surface area contributed by atoms with E-state index in [9.17, 15) is 26.3 Å². The van der Waals surface area contributed by atoms with Crippen LogP contribution in [0.1, 0.15) is 5.56 Å². The fraction of sp³-hybridized carbons (Fsp3) is 0.375. The first-order valence-corrected chi connectivity index (χ1v) is 4.91. The summed E-state index contributed by atoms with van der Waals surface area (Å²) in [6.45, 7) is 0. The van der Waals surface area contributed by atoms with Crippen LogP contribution in [0.3, 0.4) is 0 Å². The Labute approximate surface area is 105 Å². The monoisotopic (exact) mass is 339 g/mol. The molecule has 1 heterocycles. The molecule has 0 unspecified atom stereocenters. The van der Waals surface area contributed by atoms with Crippen LogP contribution in [-0.2, 0) is 6.18 Å². The van der Waals surface area contributed by atoms with Gasteiger partial charge < -0.3 is 9.47 Å². The molecule has 1 aromatic heterocycles. The zero-order valence-electron chi connectivity index (χ0n) is 8.49. The summed E-state index contributed by atoms with van der Waals surface area (Å²) >= 11 is 2.56. The topological polar surface area (TPSA) is 31.4 Å². The SMILES string of the molecule is COc1c(C(F)(F)F)cnc(Br)c1OC(F)(F)F. The molecule has 18 heavy (non-hydrogen) atoms. The summed E-state index contributed by atoms with van der Waals surface area (Å²) in [6.07, 6.45) is -9.74. The zero-order valence-corrected chi connectivity index (χ0v) is 10.1. The van der Waals surface area contributed by atoms with E-state index in [-0.39, 0.29) is 0 Å². The first-order valence-electron chi connectivity index (χ1n) is 4.11. The lowest BCUT2D eigenvalue weighted by molar-refractivity contribution is -0.275. The van der Waals surface area contributed by atoms with Crippen LogP contribution in [0.4, 0.5) is 26.3 Å². The minimum absolute atomic E-state index is 0.339. The van der Waals surface area contributed by atoms with E-state index in [1.807, 2.05) is 0 Å². The summed E-state index contributed by atoms with van der Waals surface area (Å²) in [5.74, 6) is -2.28. The average molecular weight is 340 g/mol. The van der Waals surface area contributed by atoms with Gasteiger partial charge in [0.25, 0.3) is 0 Å². The number of hydrogen-bond acceptors (Lipinski definition) is 3. The van der Waals surface area contributed by atoms with E-state index in [0.717, 1.165) is 7.11 Å². The summed E-state index contributed by atoms with van der Waals surface area (Å²) in [4.78, 5) is 3.13. The summed E-state index contributed by atoms with van der Waals surface area (Å²) in [5, 5.41) is 0. The van der Waals surface area contributed by atoms with E-state index in [4.69, 9.17) is 0 Å². The van der Waals surface area contributed by atoms with Crippen molar-refractivity contribution in [1.82, 2.24) is 4.98 Å². The molecule has 10 heteroatoms. The molecule has 0 fully saturated rings. The van der Waals surface area contributed by atoms with Crippen LogP contribution < -0.4 is 9.47 Å². The molecular weight excluding hydrogens is 336 g/mol. The molecule has 0 N–H and O–H groups in total. The van der Waals surface area contributed by atoms with Crippen molar-refractivity contribution in [1.29, 1.82) is 0 Å². The van der Waals surface area contributed by atoms with E-state index >= 15 is 0 Å². The quantitative estimate of drug-likeness (QED) is 0.607. The number of aromatic nitrogens is 1. The average Bonchev–Trinajstić information content (AvgIpc) is 2.17.